The van der Waals surface area contributed by atoms with E-state index in [0.717, 1.165) is 0 Å². The van der Waals surface area contributed by atoms with E-state index in [1.54, 1.807) is 19.1 Å². The van der Waals surface area contributed by atoms with Gasteiger partial charge in [-0.15, -0.1) is 0 Å². The van der Waals surface area contributed by atoms with Crippen LogP contribution in [0.4, 0.5) is 0 Å². The summed E-state index contributed by atoms with van der Waals surface area (Å²) in [5.74, 6) is 0.0344. The van der Waals surface area contributed by atoms with E-state index in [9.17, 15) is 4.79 Å². The Morgan fingerprint density at radius 3 is 2.12 bits per heavy atom. The highest BCUT2D eigenvalue weighted by Crippen LogP contribution is 2.18. The van der Waals surface area contributed by atoms with Crippen LogP contribution in [-0.4, -0.2) is 50.3 Å². The highest BCUT2D eigenvalue weighted by molar-refractivity contribution is 5.94. The normalized spacial score (nSPS) is 24.0. The Morgan fingerprint density at radius 1 is 1.12 bits per heavy atom. The standard InChI is InChI=1S/C13H17NO3/c1-16-11-8-14(9-12(11)17-2)13(15)10-6-4-3-5-7-10/h3-7,11-12H,8-9H2,1-2H3. The molecule has 92 valence electrons. The molecule has 2 unspecified atom stereocenters. The van der Waals surface area contributed by atoms with Crippen molar-refractivity contribution in [1.82, 2.24) is 4.90 Å². The molecule has 0 saturated carbocycles. The lowest BCUT2D eigenvalue weighted by Crippen LogP contribution is -2.29. The van der Waals surface area contributed by atoms with E-state index in [1.165, 1.54) is 0 Å². The molecule has 1 fully saturated rings. The number of rotatable bonds is 3. The molecule has 0 spiro atoms. The minimum absolute atomic E-state index is 0.0344. The molecule has 1 aliphatic heterocycles. The van der Waals surface area contributed by atoms with E-state index in [-0.39, 0.29) is 18.1 Å². The van der Waals surface area contributed by atoms with Crippen LogP contribution in [0, 0.1) is 0 Å². The van der Waals surface area contributed by atoms with Crippen LogP contribution in [0.2, 0.25) is 0 Å². The first kappa shape index (κ1) is 12.1. The lowest BCUT2D eigenvalue weighted by Gasteiger charge is -2.15. The second-order valence-electron chi connectivity index (χ2n) is 4.12. The van der Waals surface area contributed by atoms with Crippen LogP contribution in [0.15, 0.2) is 30.3 Å². The Balaban J connectivity index is 2.08. The molecule has 4 nitrogen and oxygen atoms in total. The van der Waals surface area contributed by atoms with Crippen LogP contribution in [-0.2, 0) is 9.47 Å². The van der Waals surface area contributed by atoms with Crippen LogP contribution >= 0.6 is 0 Å². The molecule has 1 aliphatic rings. The van der Waals surface area contributed by atoms with Gasteiger partial charge in [-0.3, -0.25) is 4.79 Å². The van der Waals surface area contributed by atoms with Crippen molar-refractivity contribution in [2.75, 3.05) is 27.3 Å². The third-order valence-electron chi connectivity index (χ3n) is 3.13. The van der Waals surface area contributed by atoms with E-state index in [4.69, 9.17) is 9.47 Å². The fraction of sp³-hybridized carbons (Fsp3) is 0.462. The number of carbonyl (C=O) groups excluding carboxylic acids is 1. The number of hydrogen-bond donors (Lipinski definition) is 0. The number of likely N-dealkylation sites (tertiary alicyclic amines) is 1. The van der Waals surface area contributed by atoms with E-state index in [1.807, 2.05) is 30.3 Å². The molecular weight excluding hydrogens is 218 g/mol. The zero-order valence-electron chi connectivity index (χ0n) is 10.1. The molecule has 2 rings (SSSR count). The largest absolute Gasteiger partial charge is 0.377 e. The quantitative estimate of drug-likeness (QED) is 0.789. The second-order valence-corrected chi connectivity index (χ2v) is 4.12. The van der Waals surface area contributed by atoms with Gasteiger partial charge in [0.2, 0.25) is 0 Å². The Hall–Kier alpha value is -1.39. The fourth-order valence-corrected chi connectivity index (χ4v) is 2.13. The molecule has 2 atom stereocenters. The van der Waals surface area contributed by atoms with Gasteiger partial charge in [-0.05, 0) is 12.1 Å². The van der Waals surface area contributed by atoms with Crippen molar-refractivity contribution in [3.63, 3.8) is 0 Å². The number of nitrogens with zero attached hydrogens (tertiary/aromatic N) is 1. The minimum atomic E-state index is -0.0346. The maximum absolute atomic E-state index is 12.2. The Labute approximate surface area is 101 Å². The van der Waals surface area contributed by atoms with Crippen molar-refractivity contribution >= 4 is 5.91 Å². The molecule has 0 radical (unpaired) electrons. The van der Waals surface area contributed by atoms with Gasteiger partial charge in [0.25, 0.3) is 5.91 Å². The molecule has 1 heterocycles. The molecule has 1 aromatic carbocycles. The summed E-state index contributed by atoms with van der Waals surface area (Å²) in [6.45, 7) is 1.17. The number of methoxy groups -OCH3 is 2. The highest BCUT2D eigenvalue weighted by atomic mass is 16.5. The Bertz CT molecular complexity index is 368. The molecule has 1 aromatic rings. The number of hydrogen-bond acceptors (Lipinski definition) is 3. The molecule has 17 heavy (non-hydrogen) atoms. The highest BCUT2D eigenvalue weighted by Gasteiger charge is 2.35. The van der Waals surface area contributed by atoms with E-state index < -0.39 is 0 Å². The lowest BCUT2D eigenvalue weighted by atomic mass is 10.2. The van der Waals surface area contributed by atoms with Crippen molar-refractivity contribution in [3.8, 4) is 0 Å². The summed E-state index contributed by atoms with van der Waals surface area (Å²) < 4.78 is 10.6. The zero-order chi connectivity index (χ0) is 12.3. The maximum atomic E-state index is 12.2. The summed E-state index contributed by atoms with van der Waals surface area (Å²) in [4.78, 5) is 14.0. The van der Waals surface area contributed by atoms with Crippen molar-refractivity contribution in [3.05, 3.63) is 35.9 Å². The zero-order valence-corrected chi connectivity index (χ0v) is 10.1. The van der Waals surface area contributed by atoms with Gasteiger partial charge in [0.05, 0.1) is 0 Å². The summed E-state index contributed by atoms with van der Waals surface area (Å²) in [5, 5.41) is 0. The van der Waals surface area contributed by atoms with Gasteiger partial charge < -0.3 is 14.4 Å². The van der Waals surface area contributed by atoms with Crippen molar-refractivity contribution in [1.29, 1.82) is 0 Å². The SMILES string of the molecule is COC1CN(C(=O)c2ccccc2)CC1OC. The number of carbonyl (C=O) groups is 1. The molecular formula is C13H17NO3. The van der Waals surface area contributed by atoms with E-state index in [2.05, 4.69) is 0 Å². The van der Waals surface area contributed by atoms with Gasteiger partial charge in [0.15, 0.2) is 0 Å². The summed E-state index contributed by atoms with van der Waals surface area (Å²) >= 11 is 0. The molecule has 1 amide bonds. The predicted octanol–water partition coefficient (Wildman–Crippen LogP) is 1.17. The maximum Gasteiger partial charge on any atom is 0.254 e. The fourth-order valence-electron chi connectivity index (χ4n) is 2.13. The Kier molecular flexibility index (Phi) is 3.76. The smallest absolute Gasteiger partial charge is 0.254 e. The van der Waals surface area contributed by atoms with Crippen LogP contribution in [0.1, 0.15) is 10.4 Å². The molecule has 0 aliphatic carbocycles. The number of ether oxygens (including phenoxy) is 2. The summed E-state index contributed by atoms with van der Waals surface area (Å²) in [6.07, 6.45) is -0.0691. The third-order valence-corrected chi connectivity index (χ3v) is 3.13. The first-order chi connectivity index (χ1) is 8.26. The summed E-state index contributed by atoms with van der Waals surface area (Å²) in [5.41, 5.74) is 0.708. The molecule has 0 bridgehead atoms. The van der Waals surface area contributed by atoms with E-state index in [0.29, 0.717) is 18.7 Å². The lowest BCUT2D eigenvalue weighted by molar-refractivity contribution is -0.00461. The van der Waals surface area contributed by atoms with Gasteiger partial charge in [0, 0.05) is 32.9 Å². The van der Waals surface area contributed by atoms with Crippen LogP contribution in [0.5, 0.6) is 0 Å². The van der Waals surface area contributed by atoms with Crippen molar-refractivity contribution in [2.45, 2.75) is 12.2 Å². The first-order valence-electron chi connectivity index (χ1n) is 5.66. The summed E-state index contributed by atoms with van der Waals surface area (Å²) in [6, 6.07) is 9.28. The number of benzene rings is 1. The van der Waals surface area contributed by atoms with Gasteiger partial charge >= 0.3 is 0 Å². The van der Waals surface area contributed by atoms with Crippen LogP contribution in [0.25, 0.3) is 0 Å². The van der Waals surface area contributed by atoms with Crippen LogP contribution < -0.4 is 0 Å². The van der Waals surface area contributed by atoms with Crippen molar-refractivity contribution in [2.24, 2.45) is 0 Å². The second kappa shape index (κ2) is 5.29. The predicted molar refractivity (Wildman–Crippen MR) is 63.9 cm³/mol. The molecule has 1 saturated heterocycles. The molecule has 4 heteroatoms. The summed E-state index contributed by atoms with van der Waals surface area (Å²) in [7, 11) is 3.29. The van der Waals surface area contributed by atoms with Gasteiger partial charge in [-0.1, -0.05) is 18.2 Å². The van der Waals surface area contributed by atoms with E-state index >= 15 is 0 Å². The molecule has 0 N–H and O–H groups in total. The number of amides is 1. The average Bonchev–Trinajstić information content (AvgIpc) is 2.82. The van der Waals surface area contributed by atoms with Crippen LogP contribution in [0.3, 0.4) is 0 Å². The topological polar surface area (TPSA) is 38.8 Å². The van der Waals surface area contributed by atoms with Crippen molar-refractivity contribution < 1.29 is 14.3 Å². The van der Waals surface area contributed by atoms with Gasteiger partial charge in [0.1, 0.15) is 12.2 Å². The third kappa shape index (κ3) is 2.48. The first-order valence-corrected chi connectivity index (χ1v) is 5.66. The minimum Gasteiger partial charge on any atom is -0.377 e. The average molecular weight is 235 g/mol. The Morgan fingerprint density at radius 2 is 1.65 bits per heavy atom. The van der Waals surface area contributed by atoms with Gasteiger partial charge in [-0.25, -0.2) is 0 Å². The monoisotopic (exact) mass is 235 g/mol. The molecule has 0 aromatic heterocycles. The van der Waals surface area contributed by atoms with Gasteiger partial charge in [-0.2, -0.15) is 0 Å².